The van der Waals surface area contributed by atoms with Crippen molar-refractivity contribution in [2.45, 2.75) is 25.0 Å². The zero-order valence-electron chi connectivity index (χ0n) is 9.45. The molecule has 3 nitrogen and oxygen atoms in total. The molecule has 1 aliphatic carbocycles. The standard InChI is InChI=1S/C14H14N2O/c17-14(9-5-6-9)13-11-4-2-1-3-10(11)12-7-15-8-16(12)13/h1-4,7-9,13-14,17H,5-6H2/t13?,14-/m1/s1. The Morgan fingerprint density at radius 2 is 2.12 bits per heavy atom. The fourth-order valence-corrected chi connectivity index (χ4v) is 2.92. The lowest BCUT2D eigenvalue weighted by Crippen LogP contribution is -2.24. The van der Waals surface area contributed by atoms with Crippen molar-refractivity contribution >= 4 is 0 Å². The van der Waals surface area contributed by atoms with Gasteiger partial charge in [-0.3, -0.25) is 0 Å². The van der Waals surface area contributed by atoms with Gasteiger partial charge in [0.2, 0.25) is 0 Å². The quantitative estimate of drug-likeness (QED) is 0.852. The number of aromatic nitrogens is 2. The number of aliphatic hydroxyl groups is 1. The van der Waals surface area contributed by atoms with Gasteiger partial charge in [-0.05, 0) is 24.3 Å². The summed E-state index contributed by atoms with van der Waals surface area (Å²) in [6, 6.07) is 8.39. The largest absolute Gasteiger partial charge is 0.390 e. The number of nitrogens with zero attached hydrogens (tertiary/aromatic N) is 2. The Labute approximate surface area is 99.7 Å². The van der Waals surface area contributed by atoms with Crippen molar-refractivity contribution in [3.63, 3.8) is 0 Å². The van der Waals surface area contributed by atoms with Gasteiger partial charge < -0.3 is 9.67 Å². The van der Waals surface area contributed by atoms with E-state index in [0.717, 1.165) is 18.5 Å². The number of benzene rings is 1. The number of hydrogen-bond acceptors (Lipinski definition) is 2. The van der Waals surface area contributed by atoms with Crippen molar-refractivity contribution < 1.29 is 5.11 Å². The van der Waals surface area contributed by atoms with Gasteiger partial charge in [0, 0.05) is 5.56 Å². The topological polar surface area (TPSA) is 38.1 Å². The number of fused-ring (bicyclic) bond motifs is 3. The van der Waals surface area contributed by atoms with Crippen LogP contribution in [0.15, 0.2) is 36.8 Å². The highest BCUT2D eigenvalue weighted by molar-refractivity contribution is 5.69. The van der Waals surface area contributed by atoms with E-state index in [4.69, 9.17) is 0 Å². The second-order valence-electron chi connectivity index (χ2n) is 5.05. The predicted octanol–water partition coefficient (Wildman–Crippen LogP) is 2.22. The average Bonchev–Trinajstić information content (AvgIpc) is 3.01. The Kier molecular flexibility index (Phi) is 1.77. The molecule has 1 fully saturated rings. The maximum atomic E-state index is 10.5. The van der Waals surface area contributed by atoms with Crippen molar-refractivity contribution in [2.75, 3.05) is 0 Å². The fourth-order valence-electron chi connectivity index (χ4n) is 2.92. The second-order valence-corrected chi connectivity index (χ2v) is 5.05. The molecule has 1 saturated carbocycles. The number of imidazole rings is 1. The zero-order valence-corrected chi connectivity index (χ0v) is 9.45. The number of rotatable bonds is 2. The summed E-state index contributed by atoms with van der Waals surface area (Å²) in [4.78, 5) is 4.21. The van der Waals surface area contributed by atoms with Crippen LogP contribution in [0.3, 0.4) is 0 Å². The molecule has 2 atom stereocenters. The summed E-state index contributed by atoms with van der Waals surface area (Å²) in [5, 5.41) is 10.5. The molecule has 0 radical (unpaired) electrons. The molecule has 0 saturated heterocycles. The van der Waals surface area contributed by atoms with E-state index in [0.29, 0.717) is 5.92 Å². The van der Waals surface area contributed by atoms with E-state index in [1.54, 1.807) is 0 Å². The minimum atomic E-state index is -0.272. The van der Waals surface area contributed by atoms with Gasteiger partial charge >= 0.3 is 0 Å². The predicted molar refractivity (Wildman–Crippen MR) is 64.5 cm³/mol. The van der Waals surface area contributed by atoms with Crippen LogP contribution in [0.5, 0.6) is 0 Å². The second kappa shape index (κ2) is 3.20. The number of aliphatic hydroxyl groups excluding tert-OH is 1. The molecule has 0 spiro atoms. The third kappa shape index (κ3) is 1.23. The average molecular weight is 226 g/mol. The lowest BCUT2D eigenvalue weighted by Gasteiger charge is -2.21. The van der Waals surface area contributed by atoms with Crippen molar-refractivity contribution in [3.05, 3.63) is 42.4 Å². The van der Waals surface area contributed by atoms with Crippen LogP contribution >= 0.6 is 0 Å². The lowest BCUT2D eigenvalue weighted by atomic mass is 9.97. The lowest BCUT2D eigenvalue weighted by molar-refractivity contribution is 0.111. The van der Waals surface area contributed by atoms with Crippen LogP contribution in [0.1, 0.15) is 24.4 Å². The molecule has 0 bridgehead atoms. The Morgan fingerprint density at radius 3 is 2.94 bits per heavy atom. The van der Waals surface area contributed by atoms with E-state index < -0.39 is 0 Å². The van der Waals surface area contributed by atoms with Gasteiger partial charge in [-0.1, -0.05) is 24.3 Å². The summed E-state index contributed by atoms with van der Waals surface area (Å²) in [7, 11) is 0. The van der Waals surface area contributed by atoms with E-state index in [9.17, 15) is 5.11 Å². The van der Waals surface area contributed by atoms with Gasteiger partial charge in [0.25, 0.3) is 0 Å². The highest BCUT2D eigenvalue weighted by Crippen LogP contribution is 2.46. The SMILES string of the molecule is O[C@H](C1CC1)C1c2ccccc2-c2cncn21. The minimum absolute atomic E-state index is 0.0659. The summed E-state index contributed by atoms with van der Waals surface area (Å²) < 4.78 is 2.12. The molecule has 1 aromatic heterocycles. The Balaban J connectivity index is 1.89. The summed E-state index contributed by atoms with van der Waals surface area (Å²) >= 11 is 0. The highest BCUT2D eigenvalue weighted by Gasteiger charge is 2.41. The highest BCUT2D eigenvalue weighted by atomic mass is 16.3. The summed E-state index contributed by atoms with van der Waals surface area (Å²) in [5.74, 6) is 0.474. The maximum Gasteiger partial charge on any atom is 0.0957 e. The first kappa shape index (κ1) is 9.42. The molecule has 2 aromatic rings. The molecule has 17 heavy (non-hydrogen) atoms. The molecule has 0 amide bonds. The van der Waals surface area contributed by atoms with Gasteiger partial charge in [0.05, 0.1) is 30.4 Å². The van der Waals surface area contributed by atoms with E-state index in [2.05, 4.69) is 21.7 Å². The first-order chi connectivity index (χ1) is 8.36. The van der Waals surface area contributed by atoms with Gasteiger partial charge in [0.15, 0.2) is 0 Å². The molecule has 1 N–H and O–H groups in total. The molecule has 2 aliphatic rings. The minimum Gasteiger partial charge on any atom is -0.390 e. The van der Waals surface area contributed by atoms with Crippen LogP contribution in [0.4, 0.5) is 0 Å². The van der Waals surface area contributed by atoms with Crippen molar-refractivity contribution in [1.29, 1.82) is 0 Å². The Hall–Kier alpha value is -1.61. The van der Waals surface area contributed by atoms with E-state index in [1.165, 1.54) is 11.1 Å². The van der Waals surface area contributed by atoms with Gasteiger partial charge in [0.1, 0.15) is 0 Å². The molecule has 3 heteroatoms. The third-order valence-electron chi connectivity index (χ3n) is 3.95. The molecule has 1 aromatic carbocycles. The third-order valence-corrected chi connectivity index (χ3v) is 3.95. The molecule has 1 aliphatic heterocycles. The zero-order chi connectivity index (χ0) is 11.4. The van der Waals surface area contributed by atoms with E-state index in [1.807, 2.05) is 24.7 Å². The van der Waals surface area contributed by atoms with Crippen molar-refractivity contribution in [1.82, 2.24) is 9.55 Å². The van der Waals surface area contributed by atoms with Gasteiger partial charge in [-0.2, -0.15) is 0 Å². The molecule has 2 heterocycles. The van der Waals surface area contributed by atoms with E-state index in [-0.39, 0.29) is 12.1 Å². The maximum absolute atomic E-state index is 10.5. The van der Waals surface area contributed by atoms with Gasteiger partial charge in [-0.25, -0.2) is 4.98 Å². The molecule has 86 valence electrons. The van der Waals surface area contributed by atoms with Crippen molar-refractivity contribution in [3.8, 4) is 11.3 Å². The molecule has 4 rings (SSSR count). The summed E-state index contributed by atoms with van der Waals surface area (Å²) in [5.41, 5.74) is 3.59. The summed E-state index contributed by atoms with van der Waals surface area (Å²) in [6.07, 6.45) is 5.77. The van der Waals surface area contributed by atoms with Crippen LogP contribution in [-0.2, 0) is 0 Å². The normalized spacial score (nSPS) is 23.2. The molecular weight excluding hydrogens is 212 g/mol. The van der Waals surface area contributed by atoms with Crippen LogP contribution < -0.4 is 0 Å². The van der Waals surface area contributed by atoms with Crippen LogP contribution in [-0.4, -0.2) is 20.8 Å². The smallest absolute Gasteiger partial charge is 0.0957 e. The Morgan fingerprint density at radius 1 is 1.29 bits per heavy atom. The fraction of sp³-hybridized carbons (Fsp3) is 0.357. The van der Waals surface area contributed by atoms with Gasteiger partial charge in [-0.15, -0.1) is 0 Å². The van der Waals surface area contributed by atoms with Crippen LogP contribution in [0.25, 0.3) is 11.3 Å². The van der Waals surface area contributed by atoms with Crippen molar-refractivity contribution in [2.24, 2.45) is 5.92 Å². The van der Waals surface area contributed by atoms with Crippen LogP contribution in [0.2, 0.25) is 0 Å². The summed E-state index contributed by atoms with van der Waals surface area (Å²) in [6.45, 7) is 0. The number of hydrogen-bond donors (Lipinski definition) is 1. The first-order valence-corrected chi connectivity index (χ1v) is 6.15. The Bertz CT molecular complexity index is 571. The van der Waals surface area contributed by atoms with E-state index >= 15 is 0 Å². The first-order valence-electron chi connectivity index (χ1n) is 6.15. The molecular formula is C14H14N2O. The van der Waals surface area contributed by atoms with Crippen LogP contribution in [0, 0.1) is 5.92 Å². The monoisotopic (exact) mass is 226 g/mol. The molecule has 1 unspecified atom stereocenters.